The minimum Gasteiger partial charge on any atom is -0.378 e. The molecule has 0 amide bonds. The number of nitrogens with zero attached hydrogens (tertiary/aromatic N) is 3. The van der Waals surface area contributed by atoms with E-state index in [-0.39, 0.29) is 11.4 Å². The van der Waals surface area contributed by atoms with Crippen molar-refractivity contribution in [2.45, 2.75) is 11.4 Å². The molecule has 1 aromatic heterocycles. The average molecular weight is 413 g/mol. The molecule has 24 heavy (non-hydrogen) atoms. The van der Waals surface area contributed by atoms with Gasteiger partial charge in [-0.1, -0.05) is 15.9 Å². The molecular weight excluding hydrogens is 396 g/mol. The number of morpholine rings is 1. The molecule has 9 heteroatoms. The third kappa shape index (κ3) is 4.29. The predicted molar refractivity (Wildman–Crippen MR) is 93.2 cm³/mol. The van der Waals surface area contributed by atoms with Crippen LogP contribution in [0.3, 0.4) is 0 Å². The Kier molecular flexibility index (Phi) is 5.44. The van der Waals surface area contributed by atoms with Crippen LogP contribution in [0.2, 0.25) is 0 Å². The lowest BCUT2D eigenvalue weighted by Gasteiger charge is -2.27. The van der Waals surface area contributed by atoms with Crippen molar-refractivity contribution in [1.82, 2.24) is 14.7 Å². The highest BCUT2D eigenvalue weighted by Gasteiger charge is 2.16. The molecule has 7 nitrogen and oxygen atoms in total. The van der Waals surface area contributed by atoms with Crippen LogP contribution in [0.4, 0.5) is 5.82 Å². The van der Waals surface area contributed by atoms with Crippen molar-refractivity contribution >= 4 is 31.8 Å². The molecule has 1 saturated heterocycles. The first-order chi connectivity index (χ1) is 11.5. The molecule has 0 unspecified atom stereocenters. The molecule has 0 bridgehead atoms. The van der Waals surface area contributed by atoms with Gasteiger partial charge in [0.25, 0.3) is 0 Å². The highest BCUT2D eigenvalue weighted by molar-refractivity contribution is 9.10. The molecule has 2 aromatic rings. The first-order valence-corrected chi connectivity index (χ1v) is 9.72. The van der Waals surface area contributed by atoms with Gasteiger partial charge in [-0.25, -0.2) is 23.1 Å². The van der Waals surface area contributed by atoms with Gasteiger partial charge in [-0.15, -0.1) is 0 Å². The summed E-state index contributed by atoms with van der Waals surface area (Å²) in [6, 6.07) is 8.27. The smallest absolute Gasteiger partial charge is 0.240 e. The van der Waals surface area contributed by atoms with Crippen molar-refractivity contribution in [2.75, 3.05) is 31.2 Å². The van der Waals surface area contributed by atoms with Crippen molar-refractivity contribution in [3.63, 3.8) is 0 Å². The SMILES string of the molecule is O=S(=O)(NCc1nccc(N2CCOCC2)n1)c1ccc(Br)cc1. The minimum absolute atomic E-state index is 0.0383. The summed E-state index contributed by atoms with van der Waals surface area (Å²) < 4.78 is 33.3. The summed E-state index contributed by atoms with van der Waals surface area (Å²) in [5.41, 5.74) is 0. The van der Waals surface area contributed by atoms with Gasteiger partial charge in [-0.05, 0) is 30.3 Å². The average Bonchev–Trinajstić information content (AvgIpc) is 2.61. The van der Waals surface area contributed by atoms with Crippen LogP contribution >= 0.6 is 15.9 Å². The Bertz CT molecular complexity index is 793. The fraction of sp³-hybridized carbons (Fsp3) is 0.333. The topological polar surface area (TPSA) is 84.4 Å². The lowest BCUT2D eigenvalue weighted by atomic mass is 10.4. The van der Waals surface area contributed by atoms with Crippen molar-refractivity contribution in [2.24, 2.45) is 0 Å². The van der Waals surface area contributed by atoms with E-state index >= 15 is 0 Å². The Morgan fingerprint density at radius 1 is 1.17 bits per heavy atom. The molecule has 1 N–H and O–H groups in total. The van der Waals surface area contributed by atoms with E-state index in [4.69, 9.17) is 4.74 Å². The van der Waals surface area contributed by atoms with Crippen LogP contribution in [0.25, 0.3) is 0 Å². The van der Waals surface area contributed by atoms with E-state index in [1.165, 1.54) is 12.1 Å². The van der Waals surface area contributed by atoms with Gasteiger partial charge in [0, 0.05) is 23.8 Å². The number of nitrogens with one attached hydrogen (secondary N) is 1. The second-order valence-corrected chi connectivity index (χ2v) is 7.89. The number of hydrogen-bond acceptors (Lipinski definition) is 6. The van der Waals surface area contributed by atoms with Crippen LogP contribution in [-0.4, -0.2) is 44.7 Å². The van der Waals surface area contributed by atoms with Gasteiger partial charge in [0.15, 0.2) is 0 Å². The van der Waals surface area contributed by atoms with Crippen molar-refractivity contribution in [3.05, 3.63) is 46.8 Å². The zero-order chi connectivity index (χ0) is 17.0. The molecule has 0 aliphatic carbocycles. The number of sulfonamides is 1. The Balaban J connectivity index is 1.68. The third-order valence-corrected chi connectivity index (χ3v) is 5.52. The Labute approximate surface area is 149 Å². The van der Waals surface area contributed by atoms with E-state index < -0.39 is 10.0 Å². The number of aromatic nitrogens is 2. The summed E-state index contributed by atoms with van der Waals surface area (Å²) in [7, 11) is -3.60. The number of benzene rings is 1. The lowest BCUT2D eigenvalue weighted by molar-refractivity contribution is 0.122. The van der Waals surface area contributed by atoms with E-state index in [9.17, 15) is 8.42 Å². The maximum absolute atomic E-state index is 12.3. The van der Waals surface area contributed by atoms with Crippen LogP contribution < -0.4 is 9.62 Å². The van der Waals surface area contributed by atoms with E-state index in [1.54, 1.807) is 18.3 Å². The lowest BCUT2D eigenvalue weighted by Crippen LogP contribution is -2.37. The molecule has 2 heterocycles. The van der Waals surface area contributed by atoms with Crippen LogP contribution in [0.1, 0.15) is 5.82 Å². The maximum atomic E-state index is 12.3. The third-order valence-electron chi connectivity index (χ3n) is 3.57. The Hall–Kier alpha value is -1.55. The van der Waals surface area contributed by atoms with Crippen LogP contribution in [0.15, 0.2) is 45.9 Å². The zero-order valence-corrected chi connectivity index (χ0v) is 15.3. The van der Waals surface area contributed by atoms with Gasteiger partial charge >= 0.3 is 0 Å². The predicted octanol–water partition coefficient (Wildman–Crippen LogP) is 1.55. The van der Waals surface area contributed by atoms with Crippen molar-refractivity contribution in [1.29, 1.82) is 0 Å². The molecule has 0 atom stereocenters. The van der Waals surface area contributed by atoms with Gasteiger partial charge in [-0.3, -0.25) is 0 Å². The van der Waals surface area contributed by atoms with Gasteiger partial charge in [0.2, 0.25) is 10.0 Å². The fourth-order valence-electron chi connectivity index (χ4n) is 2.30. The highest BCUT2D eigenvalue weighted by Crippen LogP contribution is 2.15. The Morgan fingerprint density at radius 2 is 1.88 bits per heavy atom. The monoisotopic (exact) mass is 412 g/mol. The van der Waals surface area contributed by atoms with E-state index in [2.05, 4.69) is 35.5 Å². The largest absolute Gasteiger partial charge is 0.378 e. The van der Waals surface area contributed by atoms with E-state index in [1.807, 2.05) is 6.07 Å². The Morgan fingerprint density at radius 3 is 2.58 bits per heavy atom. The molecule has 1 aliphatic heterocycles. The van der Waals surface area contributed by atoms with Gasteiger partial charge in [0.05, 0.1) is 24.7 Å². The molecule has 1 aromatic carbocycles. The van der Waals surface area contributed by atoms with E-state index in [0.29, 0.717) is 19.0 Å². The van der Waals surface area contributed by atoms with Crippen LogP contribution in [0, 0.1) is 0 Å². The molecule has 0 radical (unpaired) electrons. The fourth-order valence-corrected chi connectivity index (χ4v) is 3.54. The molecule has 0 spiro atoms. The first kappa shape index (κ1) is 17.3. The molecule has 1 aliphatic rings. The van der Waals surface area contributed by atoms with Crippen LogP contribution in [-0.2, 0) is 21.3 Å². The second-order valence-electron chi connectivity index (χ2n) is 5.21. The first-order valence-electron chi connectivity index (χ1n) is 7.44. The van der Waals surface area contributed by atoms with Gasteiger partial charge in [-0.2, -0.15) is 0 Å². The van der Waals surface area contributed by atoms with Crippen molar-refractivity contribution < 1.29 is 13.2 Å². The second kappa shape index (κ2) is 7.56. The molecule has 1 fully saturated rings. The molecule has 0 saturated carbocycles. The number of rotatable bonds is 5. The number of anilines is 1. The highest BCUT2D eigenvalue weighted by atomic mass is 79.9. The summed E-state index contributed by atoms with van der Waals surface area (Å²) in [6.07, 6.45) is 1.64. The number of halogens is 1. The van der Waals surface area contributed by atoms with Gasteiger partial charge < -0.3 is 9.64 Å². The standard InChI is InChI=1S/C15H17BrN4O3S/c16-12-1-3-13(4-2-12)24(21,22)18-11-14-17-6-5-15(19-14)20-7-9-23-10-8-20/h1-6,18H,7-11H2. The quantitative estimate of drug-likeness (QED) is 0.801. The van der Waals surface area contributed by atoms with E-state index in [0.717, 1.165) is 23.4 Å². The summed E-state index contributed by atoms with van der Waals surface area (Å²) in [5, 5.41) is 0. The maximum Gasteiger partial charge on any atom is 0.240 e. The normalized spacial score (nSPS) is 15.5. The summed E-state index contributed by atoms with van der Waals surface area (Å²) in [4.78, 5) is 10.9. The summed E-state index contributed by atoms with van der Waals surface area (Å²) in [6.45, 7) is 2.89. The minimum atomic E-state index is -3.60. The number of ether oxygens (including phenoxy) is 1. The van der Waals surface area contributed by atoms with Crippen LogP contribution in [0.5, 0.6) is 0 Å². The van der Waals surface area contributed by atoms with Gasteiger partial charge in [0.1, 0.15) is 11.6 Å². The molecule has 3 rings (SSSR count). The van der Waals surface area contributed by atoms with Crippen molar-refractivity contribution in [3.8, 4) is 0 Å². The number of hydrogen-bond donors (Lipinski definition) is 1. The zero-order valence-electron chi connectivity index (χ0n) is 12.9. The molecule has 128 valence electrons. The summed E-state index contributed by atoms with van der Waals surface area (Å²) in [5.74, 6) is 1.21. The summed E-state index contributed by atoms with van der Waals surface area (Å²) >= 11 is 3.28. The molecular formula is C15H17BrN4O3S.